The quantitative estimate of drug-likeness (QED) is 0.590. The Morgan fingerprint density at radius 3 is 2.88 bits per heavy atom. The summed E-state index contributed by atoms with van der Waals surface area (Å²) in [6.07, 6.45) is 3.28. The lowest BCUT2D eigenvalue weighted by atomic mass is 11.0. The molecular formula is C4H5NOS2. The molecular weight excluding hydrogens is 142 g/mol. The summed E-state index contributed by atoms with van der Waals surface area (Å²) in [4.78, 5) is 3.83. The summed E-state index contributed by atoms with van der Waals surface area (Å²) in [6, 6.07) is 0. The third kappa shape index (κ3) is 1.14. The van der Waals surface area contributed by atoms with Gasteiger partial charge in [0.25, 0.3) is 0 Å². The summed E-state index contributed by atoms with van der Waals surface area (Å²) in [6.45, 7) is 0. The van der Waals surface area contributed by atoms with E-state index in [0.29, 0.717) is 4.34 Å². The minimum Gasteiger partial charge on any atom is -0.252 e. The number of aromatic nitrogens is 1. The van der Waals surface area contributed by atoms with Crippen molar-refractivity contribution in [2.75, 3.05) is 6.26 Å². The Morgan fingerprint density at radius 1 is 1.88 bits per heavy atom. The highest BCUT2D eigenvalue weighted by atomic mass is 32.2. The molecule has 0 bridgehead atoms. The summed E-state index contributed by atoms with van der Waals surface area (Å²) in [5, 5.41) is 1.82. The molecule has 8 heavy (non-hydrogen) atoms. The summed E-state index contributed by atoms with van der Waals surface area (Å²) < 4.78 is 11.3. The van der Waals surface area contributed by atoms with Crippen LogP contribution in [0.1, 0.15) is 0 Å². The third-order valence-electron chi connectivity index (χ3n) is 0.656. The normalized spacial score (nSPS) is 13.6. The summed E-state index contributed by atoms with van der Waals surface area (Å²) in [5.74, 6) is 0. The third-order valence-corrected chi connectivity index (χ3v) is 2.81. The Bertz CT molecular complexity index is 182. The van der Waals surface area contributed by atoms with Crippen LogP contribution in [0.5, 0.6) is 0 Å². The monoisotopic (exact) mass is 147 g/mol. The molecule has 0 radical (unpaired) electrons. The van der Waals surface area contributed by atoms with Gasteiger partial charge in [-0.3, -0.25) is 4.21 Å². The second kappa shape index (κ2) is 2.37. The Labute approximate surface area is 54.0 Å². The van der Waals surface area contributed by atoms with Crippen molar-refractivity contribution in [1.82, 2.24) is 4.98 Å². The average molecular weight is 147 g/mol. The van der Waals surface area contributed by atoms with Gasteiger partial charge in [0.15, 0.2) is 4.34 Å². The van der Waals surface area contributed by atoms with E-state index in [-0.39, 0.29) is 0 Å². The fourth-order valence-electron chi connectivity index (χ4n) is 0.352. The molecule has 0 aliphatic heterocycles. The molecule has 0 amide bonds. The van der Waals surface area contributed by atoms with Gasteiger partial charge in [-0.2, -0.15) is 0 Å². The van der Waals surface area contributed by atoms with Crippen LogP contribution in [0.4, 0.5) is 0 Å². The van der Waals surface area contributed by atoms with E-state index in [0.717, 1.165) is 0 Å². The van der Waals surface area contributed by atoms with Crippen LogP contribution in [0.3, 0.4) is 0 Å². The van der Waals surface area contributed by atoms with Gasteiger partial charge in [0, 0.05) is 17.8 Å². The maximum Gasteiger partial charge on any atom is 0.180 e. The molecule has 1 atom stereocenters. The summed E-state index contributed by atoms with van der Waals surface area (Å²) in [5.41, 5.74) is 0. The summed E-state index contributed by atoms with van der Waals surface area (Å²) in [7, 11) is -0.890. The molecule has 1 rings (SSSR count). The van der Waals surface area contributed by atoms with Crippen molar-refractivity contribution in [3.8, 4) is 0 Å². The van der Waals surface area contributed by atoms with Crippen LogP contribution in [0, 0.1) is 0 Å². The maximum atomic E-state index is 10.6. The SMILES string of the molecule is C[S@](=O)c1nccs1. The molecule has 0 saturated heterocycles. The molecule has 1 aromatic rings. The van der Waals surface area contributed by atoms with Crippen LogP contribution in [-0.2, 0) is 10.8 Å². The van der Waals surface area contributed by atoms with E-state index < -0.39 is 10.8 Å². The van der Waals surface area contributed by atoms with E-state index >= 15 is 0 Å². The highest BCUT2D eigenvalue weighted by Crippen LogP contribution is 2.06. The molecule has 0 aliphatic carbocycles. The van der Waals surface area contributed by atoms with Crippen molar-refractivity contribution >= 4 is 22.1 Å². The van der Waals surface area contributed by atoms with Crippen molar-refractivity contribution in [3.05, 3.63) is 11.6 Å². The van der Waals surface area contributed by atoms with Gasteiger partial charge in [-0.05, 0) is 0 Å². The first-order valence-corrected chi connectivity index (χ1v) is 4.47. The Balaban J connectivity index is 2.93. The molecule has 0 spiro atoms. The standard InChI is InChI=1S/C4H5NOS2/c1-8(6)4-5-2-3-7-4/h2-3H,1H3/t8-/m0/s1. The topological polar surface area (TPSA) is 30.0 Å². The number of nitrogens with zero attached hydrogens (tertiary/aromatic N) is 1. The average Bonchev–Trinajstić information content (AvgIpc) is 2.12. The highest BCUT2D eigenvalue weighted by molar-refractivity contribution is 7.86. The zero-order valence-electron chi connectivity index (χ0n) is 4.33. The number of rotatable bonds is 1. The first-order valence-electron chi connectivity index (χ1n) is 2.03. The van der Waals surface area contributed by atoms with Crippen LogP contribution >= 0.6 is 11.3 Å². The van der Waals surface area contributed by atoms with Gasteiger partial charge < -0.3 is 0 Å². The van der Waals surface area contributed by atoms with E-state index in [2.05, 4.69) is 4.98 Å². The molecule has 0 unspecified atom stereocenters. The smallest absolute Gasteiger partial charge is 0.180 e. The lowest BCUT2D eigenvalue weighted by Gasteiger charge is -1.80. The van der Waals surface area contributed by atoms with Gasteiger partial charge in [-0.1, -0.05) is 0 Å². The van der Waals surface area contributed by atoms with Gasteiger partial charge >= 0.3 is 0 Å². The minimum absolute atomic E-state index is 0.699. The van der Waals surface area contributed by atoms with E-state index in [1.54, 1.807) is 12.5 Å². The molecule has 0 fully saturated rings. The largest absolute Gasteiger partial charge is 0.252 e. The molecule has 44 valence electrons. The lowest BCUT2D eigenvalue weighted by molar-refractivity contribution is 0.686. The Kier molecular flexibility index (Phi) is 1.75. The highest BCUT2D eigenvalue weighted by Gasteiger charge is 1.95. The zero-order valence-corrected chi connectivity index (χ0v) is 5.96. The maximum absolute atomic E-state index is 10.6. The van der Waals surface area contributed by atoms with E-state index in [1.165, 1.54) is 11.3 Å². The van der Waals surface area contributed by atoms with E-state index in [4.69, 9.17) is 0 Å². The van der Waals surface area contributed by atoms with Crippen LogP contribution in [0.15, 0.2) is 15.9 Å². The molecule has 2 nitrogen and oxygen atoms in total. The van der Waals surface area contributed by atoms with Gasteiger partial charge in [-0.15, -0.1) is 11.3 Å². The molecule has 0 aliphatic rings. The van der Waals surface area contributed by atoms with Crippen molar-refractivity contribution in [3.63, 3.8) is 0 Å². The van der Waals surface area contributed by atoms with Crippen LogP contribution in [-0.4, -0.2) is 15.4 Å². The number of hydrogen-bond acceptors (Lipinski definition) is 3. The van der Waals surface area contributed by atoms with Gasteiger partial charge in [0.05, 0.1) is 10.8 Å². The minimum atomic E-state index is -0.890. The van der Waals surface area contributed by atoms with Crippen molar-refractivity contribution < 1.29 is 4.21 Å². The first kappa shape index (κ1) is 5.91. The predicted octanol–water partition coefficient (Wildman–Crippen LogP) is 0.881. The van der Waals surface area contributed by atoms with Gasteiger partial charge in [-0.25, -0.2) is 4.98 Å². The second-order valence-corrected chi connectivity index (χ2v) is 3.70. The van der Waals surface area contributed by atoms with Crippen molar-refractivity contribution in [2.24, 2.45) is 0 Å². The molecule has 0 aromatic carbocycles. The second-order valence-electron chi connectivity index (χ2n) is 1.25. The van der Waals surface area contributed by atoms with E-state index in [9.17, 15) is 4.21 Å². The zero-order chi connectivity index (χ0) is 5.98. The van der Waals surface area contributed by atoms with Gasteiger partial charge in [0.1, 0.15) is 0 Å². The molecule has 4 heteroatoms. The first-order chi connectivity index (χ1) is 3.80. The summed E-state index contributed by atoms with van der Waals surface area (Å²) >= 11 is 1.42. The van der Waals surface area contributed by atoms with Crippen LogP contribution in [0.2, 0.25) is 0 Å². The fourth-order valence-corrected chi connectivity index (χ4v) is 1.63. The van der Waals surface area contributed by atoms with E-state index in [1.807, 2.05) is 5.38 Å². The Hall–Kier alpha value is -0.220. The lowest BCUT2D eigenvalue weighted by Crippen LogP contribution is -1.82. The van der Waals surface area contributed by atoms with Crippen molar-refractivity contribution in [2.45, 2.75) is 4.34 Å². The fraction of sp³-hybridized carbons (Fsp3) is 0.250. The van der Waals surface area contributed by atoms with Crippen molar-refractivity contribution in [1.29, 1.82) is 0 Å². The number of thiazole rings is 1. The van der Waals surface area contributed by atoms with Crippen LogP contribution < -0.4 is 0 Å². The number of hydrogen-bond donors (Lipinski definition) is 0. The predicted molar refractivity (Wildman–Crippen MR) is 34.4 cm³/mol. The Morgan fingerprint density at radius 2 is 2.62 bits per heavy atom. The molecule has 1 aromatic heterocycles. The molecule has 0 saturated carbocycles. The van der Waals surface area contributed by atoms with Crippen LogP contribution in [0.25, 0.3) is 0 Å². The molecule has 1 heterocycles. The van der Waals surface area contributed by atoms with Gasteiger partial charge in [0.2, 0.25) is 0 Å². The molecule has 0 N–H and O–H groups in total.